The fourth-order valence-corrected chi connectivity index (χ4v) is 2.69. The van der Waals surface area contributed by atoms with E-state index in [1.54, 1.807) is 0 Å². The molecule has 3 nitrogen and oxygen atoms in total. The van der Waals surface area contributed by atoms with Crippen molar-refractivity contribution >= 4 is 28.0 Å². The zero-order valence-electron chi connectivity index (χ0n) is 15.0. The van der Waals surface area contributed by atoms with Crippen LogP contribution in [-0.2, 0) is 0 Å². The lowest BCUT2D eigenvalue weighted by atomic mass is 10.0. The molecule has 0 aliphatic rings. The number of hydrogen-bond acceptors (Lipinski definition) is 2. The summed E-state index contributed by atoms with van der Waals surface area (Å²) in [6.45, 7) is 9.41. The van der Waals surface area contributed by atoms with Crippen molar-refractivity contribution in [2.24, 2.45) is 4.99 Å². The smallest absolute Gasteiger partial charge is 0.131 e. The molecule has 0 aromatic heterocycles. The highest BCUT2D eigenvalue weighted by molar-refractivity contribution is 9.10. The van der Waals surface area contributed by atoms with E-state index in [1.165, 1.54) is 5.56 Å². The number of nitrogens with zero attached hydrogens (tertiary/aromatic N) is 2. The number of hydrogen-bond donors (Lipinski definition) is 0. The molecular weight excluding hydrogens is 364 g/mol. The van der Waals surface area contributed by atoms with E-state index >= 15 is 0 Å². The van der Waals surface area contributed by atoms with Gasteiger partial charge in [-0.3, -0.25) is 0 Å². The van der Waals surface area contributed by atoms with E-state index in [0.29, 0.717) is 5.92 Å². The van der Waals surface area contributed by atoms with E-state index in [0.717, 1.165) is 33.8 Å². The molecular formula is C20H25BrN2O. The molecule has 0 bridgehead atoms. The summed E-state index contributed by atoms with van der Waals surface area (Å²) >= 11 is 3.60. The summed E-state index contributed by atoms with van der Waals surface area (Å²) < 4.78 is 7.11. The minimum absolute atomic E-state index is 0.415. The molecule has 0 N–H and O–H groups in total. The highest BCUT2D eigenvalue weighted by Crippen LogP contribution is 2.37. The third-order valence-corrected chi connectivity index (χ3v) is 4.53. The van der Waals surface area contributed by atoms with Crippen LogP contribution < -0.4 is 4.74 Å². The van der Waals surface area contributed by atoms with Crippen LogP contribution in [0, 0.1) is 6.92 Å². The van der Waals surface area contributed by atoms with Gasteiger partial charge in [0.25, 0.3) is 0 Å². The monoisotopic (exact) mass is 388 g/mol. The van der Waals surface area contributed by atoms with E-state index in [1.807, 2.05) is 55.5 Å². The fraction of sp³-hybridized carbons (Fsp3) is 0.350. The number of para-hydroxylation sites is 1. The highest BCUT2D eigenvalue weighted by Gasteiger charge is 2.11. The van der Waals surface area contributed by atoms with Gasteiger partial charge in [0.15, 0.2) is 0 Å². The third-order valence-electron chi connectivity index (χ3n) is 3.90. The lowest BCUT2D eigenvalue weighted by Gasteiger charge is -2.16. The maximum atomic E-state index is 6.19. The van der Waals surface area contributed by atoms with Gasteiger partial charge in [0, 0.05) is 18.1 Å². The zero-order valence-corrected chi connectivity index (χ0v) is 16.6. The van der Waals surface area contributed by atoms with Crippen molar-refractivity contribution in [3.05, 3.63) is 52.0 Å². The number of halogens is 1. The van der Waals surface area contributed by atoms with Crippen LogP contribution >= 0.6 is 15.9 Å². The van der Waals surface area contributed by atoms with Crippen molar-refractivity contribution in [3.63, 3.8) is 0 Å². The molecule has 128 valence electrons. The first-order valence-electron chi connectivity index (χ1n) is 8.23. The van der Waals surface area contributed by atoms with E-state index in [4.69, 9.17) is 4.74 Å². The van der Waals surface area contributed by atoms with Gasteiger partial charge < -0.3 is 9.64 Å². The average molecular weight is 389 g/mol. The molecule has 0 saturated heterocycles. The van der Waals surface area contributed by atoms with Gasteiger partial charge in [-0.05, 0) is 65.0 Å². The standard InChI is InChI=1S/C20H25BrN2O/c1-6-23(5)13-22-18-11-15(4)20(12-17(18)21)24-19-10-8-7-9-16(19)14(2)3/h7-14H,6H2,1-5H3. The van der Waals surface area contributed by atoms with Crippen molar-refractivity contribution in [2.45, 2.75) is 33.6 Å². The summed E-state index contributed by atoms with van der Waals surface area (Å²) in [6.07, 6.45) is 1.84. The second kappa shape index (κ2) is 8.34. The van der Waals surface area contributed by atoms with Gasteiger partial charge >= 0.3 is 0 Å². The van der Waals surface area contributed by atoms with Crippen molar-refractivity contribution in [1.82, 2.24) is 4.90 Å². The number of ether oxygens (including phenoxy) is 1. The Labute approximate surface area is 153 Å². The molecule has 0 amide bonds. The quantitative estimate of drug-likeness (QED) is 0.429. The van der Waals surface area contributed by atoms with Gasteiger partial charge in [0.2, 0.25) is 0 Å². The van der Waals surface area contributed by atoms with E-state index in [9.17, 15) is 0 Å². The minimum atomic E-state index is 0.415. The van der Waals surface area contributed by atoms with Gasteiger partial charge in [-0.2, -0.15) is 0 Å². The van der Waals surface area contributed by atoms with Gasteiger partial charge in [-0.25, -0.2) is 4.99 Å². The Balaban J connectivity index is 2.30. The Morgan fingerprint density at radius 1 is 1.21 bits per heavy atom. The summed E-state index contributed by atoms with van der Waals surface area (Å²) in [5, 5.41) is 0. The molecule has 0 heterocycles. The maximum Gasteiger partial charge on any atom is 0.131 e. The molecule has 0 saturated carbocycles. The van der Waals surface area contributed by atoms with Gasteiger partial charge in [0.1, 0.15) is 11.5 Å². The molecule has 0 aliphatic carbocycles. The van der Waals surface area contributed by atoms with Crippen molar-refractivity contribution in [3.8, 4) is 11.5 Å². The molecule has 24 heavy (non-hydrogen) atoms. The topological polar surface area (TPSA) is 24.8 Å². The molecule has 0 spiro atoms. The van der Waals surface area contributed by atoms with Crippen LogP contribution in [0.5, 0.6) is 11.5 Å². The van der Waals surface area contributed by atoms with Crippen LogP contribution in [0.1, 0.15) is 37.8 Å². The second-order valence-corrected chi connectivity index (χ2v) is 7.04. The first-order valence-corrected chi connectivity index (χ1v) is 9.03. The largest absolute Gasteiger partial charge is 0.457 e. The van der Waals surface area contributed by atoms with Crippen molar-refractivity contribution in [2.75, 3.05) is 13.6 Å². The van der Waals surface area contributed by atoms with Crippen LogP contribution in [0.2, 0.25) is 0 Å². The molecule has 4 heteroatoms. The normalized spacial score (nSPS) is 11.3. The molecule has 0 unspecified atom stereocenters. The fourth-order valence-electron chi connectivity index (χ4n) is 2.27. The van der Waals surface area contributed by atoms with Gasteiger partial charge in [0.05, 0.1) is 12.0 Å². The van der Waals surface area contributed by atoms with Crippen LogP contribution in [0.4, 0.5) is 5.69 Å². The predicted octanol–water partition coefficient (Wildman–Crippen LogP) is 6.28. The molecule has 0 aliphatic heterocycles. The van der Waals surface area contributed by atoms with Gasteiger partial charge in [-0.1, -0.05) is 32.0 Å². The summed E-state index contributed by atoms with van der Waals surface area (Å²) in [5.41, 5.74) is 3.17. The van der Waals surface area contributed by atoms with Crippen LogP contribution in [0.15, 0.2) is 45.9 Å². The first kappa shape index (κ1) is 18.5. The molecule has 2 aromatic rings. The van der Waals surface area contributed by atoms with Gasteiger partial charge in [-0.15, -0.1) is 0 Å². The molecule has 0 atom stereocenters. The Bertz CT molecular complexity index is 726. The van der Waals surface area contributed by atoms with Crippen molar-refractivity contribution in [1.29, 1.82) is 0 Å². The molecule has 2 aromatic carbocycles. The number of aryl methyl sites for hydroxylation is 1. The zero-order chi connectivity index (χ0) is 17.7. The maximum absolute atomic E-state index is 6.19. The Morgan fingerprint density at radius 3 is 2.58 bits per heavy atom. The Hall–Kier alpha value is -1.81. The number of aliphatic imine (C=N–C) groups is 1. The minimum Gasteiger partial charge on any atom is -0.457 e. The summed E-state index contributed by atoms with van der Waals surface area (Å²) in [4.78, 5) is 6.56. The SMILES string of the molecule is CCN(C)C=Nc1cc(C)c(Oc2ccccc2C(C)C)cc1Br. The van der Waals surface area contributed by atoms with Crippen LogP contribution in [0.25, 0.3) is 0 Å². The second-order valence-electron chi connectivity index (χ2n) is 6.18. The molecule has 0 fully saturated rings. The average Bonchev–Trinajstić information content (AvgIpc) is 2.56. The lowest BCUT2D eigenvalue weighted by Crippen LogP contribution is -2.14. The summed E-state index contributed by atoms with van der Waals surface area (Å²) in [6, 6.07) is 12.2. The Morgan fingerprint density at radius 2 is 1.92 bits per heavy atom. The lowest BCUT2D eigenvalue weighted by molar-refractivity contribution is 0.469. The van der Waals surface area contributed by atoms with Crippen molar-refractivity contribution < 1.29 is 4.74 Å². The highest BCUT2D eigenvalue weighted by atomic mass is 79.9. The Kier molecular flexibility index (Phi) is 6.44. The van der Waals surface area contributed by atoms with E-state index in [-0.39, 0.29) is 0 Å². The van der Waals surface area contributed by atoms with E-state index < -0.39 is 0 Å². The van der Waals surface area contributed by atoms with Crippen LogP contribution in [-0.4, -0.2) is 24.8 Å². The number of rotatable bonds is 6. The molecule has 2 rings (SSSR count). The summed E-state index contributed by atoms with van der Waals surface area (Å²) in [5.74, 6) is 2.17. The van der Waals surface area contributed by atoms with E-state index in [2.05, 4.69) is 47.8 Å². The third kappa shape index (κ3) is 4.60. The first-order chi connectivity index (χ1) is 11.4. The van der Waals surface area contributed by atoms with Crippen LogP contribution in [0.3, 0.4) is 0 Å². The summed E-state index contributed by atoms with van der Waals surface area (Å²) in [7, 11) is 2.00. The molecule has 0 radical (unpaired) electrons. The predicted molar refractivity (Wildman–Crippen MR) is 106 cm³/mol. The number of benzene rings is 2.